The highest BCUT2D eigenvalue weighted by Crippen LogP contribution is 2.32. The molecule has 0 saturated carbocycles. The van der Waals surface area contributed by atoms with E-state index in [0.717, 1.165) is 5.69 Å². The molecule has 0 bridgehead atoms. The SMILES string of the molecule is COc1ccc(N2CCOCC2)c(NC(=O)c2ccc(OC)c([N+](=O)[O-])c2)c1. The van der Waals surface area contributed by atoms with E-state index in [1.807, 2.05) is 12.1 Å². The van der Waals surface area contributed by atoms with Crippen molar-refractivity contribution in [2.45, 2.75) is 0 Å². The van der Waals surface area contributed by atoms with Gasteiger partial charge >= 0.3 is 5.69 Å². The molecule has 9 nitrogen and oxygen atoms in total. The molecule has 1 aliphatic heterocycles. The highest BCUT2D eigenvalue weighted by atomic mass is 16.6. The normalized spacial score (nSPS) is 13.7. The summed E-state index contributed by atoms with van der Waals surface area (Å²) >= 11 is 0. The van der Waals surface area contributed by atoms with Crippen molar-refractivity contribution in [2.24, 2.45) is 0 Å². The molecule has 2 aromatic carbocycles. The molecule has 1 saturated heterocycles. The van der Waals surface area contributed by atoms with Crippen LogP contribution in [-0.2, 0) is 4.74 Å². The predicted octanol–water partition coefficient (Wildman–Crippen LogP) is 2.70. The summed E-state index contributed by atoms with van der Waals surface area (Å²) in [7, 11) is 2.88. The summed E-state index contributed by atoms with van der Waals surface area (Å²) in [5.74, 6) is 0.221. The van der Waals surface area contributed by atoms with Crippen LogP contribution in [0.2, 0.25) is 0 Å². The maximum atomic E-state index is 12.8. The molecule has 0 spiro atoms. The monoisotopic (exact) mass is 387 g/mol. The minimum Gasteiger partial charge on any atom is -0.497 e. The second-order valence-electron chi connectivity index (χ2n) is 6.08. The zero-order valence-electron chi connectivity index (χ0n) is 15.6. The molecule has 1 fully saturated rings. The van der Waals surface area contributed by atoms with Gasteiger partial charge in [0.05, 0.1) is 43.7 Å². The lowest BCUT2D eigenvalue weighted by molar-refractivity contribution is -0.385. The van der Waals surface area contributed by atoms with Gasteiger partial charge in [0.1, 0.15) is 5.75 Å². The molecule has 1 N–H and O–H groups in total. The number of anilines is 2. The van der Waals surface area contributed by atoms with E-state index in [4.69, 9.17) is 14.2 Å². The molecule has 2 aromatic rings. The van der Waals surface area contributed by atoms with Gasteiger partial charge in [0.25, 0.3) is 5.91 Å². The second kappa shape index (κ2) is 8.57. The Hall–Kier alpha value is -3.33. The summed E-state index contributed by atoms with van der Waals surface area (Å²) in [5.41, 5.74) is 1.28. The van der Waals surface area contributed by atoms with Crippen molar-refractivity contribution >= 4 is 23.0 Å². The second-order valence-corrected chi connectivity index (χ2v) is 6.08. The number of nitro groups is 1. The highest BCUT2D eigenvalue weighted by molar-refractivity contribution is 6.06. The zero-order chi connectivity index (χ0) is 20.1. The van der Waals surface area contributed by atoms with E-state index in [-0.39, 0.29) is 17.0 Å². The van der Waals surface area contributed by atoms with Crippen molar-refractivity contribution in [2.75, 3.05) is 50.7 Å². The molecule has 0 unspecified atom stereocenters. The third kappa shape index (κ3) is 4.15. The van der Waals surface area contributed by atoms with Crippen LogP contribution in [0.15, 0.2) is 36.4 Å². The van der Waals surface area contributed by atoms with Crippen molar-refractivity contribution < 1.29 is 23.9 Å². The molecule has 3 rings (SSSR count). The Morgan fingerprint density at radius 1 is 1.14 bits per heavy atom. The number of carbonyl (C=O) groups is 1. The van der Waals surface area contributed by atoms with E-state index in [0.29, 0.717) is 37.7 Å². The molecule has 28 heavy (non-hydrogen) atoms. The summed E-state index contributed by atoms with van der Waals surface area (Å²) in [4.78, 5) is 25.5. The van der Waals surface area contributed by atoms with E-state index in [9.17, 15) is 14.9 Å². The molecule has 0 atom stereocenters. The van der Waals surface area contributed by atoms with Crippen molar-refractivity contribution in [1.82, 2.24) is 0 Å². The van der Waals surface area contributed by atoms with Gasteiger partial charge < -0.3 is 24.4 Å². The average molecular weight is 387 g/mol. The van der Waals surface area contributed by atoms with E-state index in [1.165, 1.54) is 25.3 Å². The number of hydrogen-bond acceptors (Lipinski definition) is 7. The zero-order valence-corrected chi connectivity index (χ0v) is 15.6. The first-order valence-electron chi connectivity index (χ1n) is 8.68. The Labute approximate surface area is 162 Å². The number of amides is 1. The van der Waals surface area contributed by atoms with Crippen LogP contribution in [-0.4, -0.2) is 51.4 Å². The smallest absolute Gasteiger partial charge is 0.311 e. The predicted molar refractivity (Wildman–Crippen MR) is 104 cm³/mol. The Morgan fingerprint density at radius 3 is 2.54 bits per heavy atom. The van der Waals surface area contributed by atoms with Gasteiger partial charge in [-0.05, 0) is 24.3 Å². The van der Waals surface area contributed by atoms with Gasteiger partial charge in [0.15, 0.2) is 5.75 Å². The van der Waals surface area contributed by atoms with Gasteiger partial charge in [-0.15, -0.1) is 0 Å². The topological polar surface area (TPSA) is 103 Å². The molecule has 0 radical (unpaired) electrons. The number of hydrogen-bond donors (Lipinski definition) is 1. The van der Waals surface area contributed by atoms with Crippen LogP contribution in [0, 0.1) is 10.1 Å². The fraction of sp³-hybridized carbons (Fsp3) is 0.316. The van der Waals surface area contributed by atoms with Gasteiger partial charge in [-0.3, -0.25) is 14.9 Å². The number of carbonyl (C=O) groups excluding carboxylic acids is 1. The van der Waals surface area contributed by atoms with Crippen LogP contribution in [0.3, 0.4) is 0 Å². The van der Waals surface area contributed by atoms with Crippen molar-refractivity contribution in [3.8, 4) is 11.5 Å². The molecule has 0 aliphatic carbocycles. The van der Waals surface area contributed by atoms with E-state index in [2.05, 4.69) is 10.2 Å². The standard InChI is InChI=1S/C19H21N3O6/c1-26-14-4-5-16(21-7-9-28-10-8-21)15(12-14)20-19(23)13-3-6-18(27-2)17(11-13)22(24)25/h3-6,11-12H,7-10H2,1-2H3,(H,20,23). The molecule has 0 aromatic heterocycles. The number of morpholine rings is 1. The van der Waals surface area contributed by atoms with Gasteiger partial charge in [-0.2, -0.15) is 0 Å². The minimum atomic E-state index is -0.583. The van der Waals surface area contributed by atoms with Crippen LogP contribution >= 0.6 is 0 Å². The van der Waals surface area contributed by atoms with E-state index < -0.39 is 10.8 Å². The average Bonchev–Trinajstić information content (AvgIpc) is 2.73. The Bertz CT molecular complexity index is 880. The third-order valence-electron chi connectivity index (χ3n) is 4.44. The van der Waals surface area contributed by atoms with Gasteiger partial charge in [0, 0.05) is 30.8 Å². The van der Waals surface area contributed by atoms with Crippen molar-refractivity contribution in [3.05, 3.63) is 52.1 Å². The lowest BCUT2D eigenvalue weighted by Gasteiger charge is -2.30. The fourth-order valence-corrected chi connectivity index (χ4v) is 2.99. The van der Waals surface area contributed by atoms with Gasteiger partial charge in [0.2, 0.25) is 0 Å². The lowest BCUT2D eigenvalue weighted by Crippen LogP contribution is -2.36. The van der Waals surface area contributed by atoms with Crippen molar-refractivity contribution in [3.63, 3.8) is 0 Å². The fourth-order valence-electron chi connectivity index (χ4n) is 2.99. The first kappa shape index (κ1) is 19.4. The lowest BCUT2D eigenvalue weighted by atomic mass is 10.1. The largest absolute Gasteiger partial charge is 0.497 e. The molecular formula is C19H21N3O6. The highest BCUT2D eigenvalue weighted by Gasteiger charge is 2.21. The number of methoxy groups -OCH3 is 2. The summed E-state index contributed by atoms with van der Waals surface area (Å²) in [6, 6.07) is 9.50. The minimum absolute atomic E-state index is 0.0944. The summed E-state index contributed by atoms with van der Waals surface area (Å²) in [6.45, 7) is 2.60. The van der Waals surface area contributed by atoms with Crippen LogP contribution in [0.25, 0.3) is 0 Å². The number of ether oxygens (including phenoxy) is 3. The molecule has 1 aliphatic rings. The van der Waals surface area contributed by atoms with Crippen LogP contribution in [0.4, 0.5) is 17.1 Å². The van der Waals surface area contributed by atoms with Crippen LogP contribution in [0.5, 0.6) is 11.5 Å². The van der Waals surface area contributed by atoms with Crippen molar-refractivity contribution in [1.29, 1.82) is 0 Å². The first-order chi connectivity index (χ1) is 13.5. The van der Waals surface area contributed by atoms with E-state index in [1.54, 1.807) is 13.2 Å². The van der Waals surface area contributed by atoms with Gasteiger partial charge in [-0.1, -0.05) is 0 Å². The molecule has 1 amide bonds. The molecule has 1 heterocycles. The Morgan fingerprint density at radius 2 is 1.89 bits per heavy atom. The molecule has 148 valence electrons. The third-order valence-corrected chi connectivity index (χ3v) is 4.44. The summed E-state index contributed by atoms with van der Waals surface area (Å²) in [6.07, 6.45) is 0. The number of nitrogens with zero attached hydrogens (tertiary/aromatic N) is 2. The maximum Gasteiger partial charge on any atom is 0.311 e. The quantitative estimate of drug-likeness (QED) is 0.600. The number of rotatable bonds is 6. The number of nitrogens with one attached hydrogen (secondary N) is 1. The Kier molecular flexibility index (Phi) is 5.95. The molecular weight excluding hydrogens is 366 g/mol. The first-order valence-corrected chi connectivity index (χ1v) is 8.68. The van der Waals surface area contributed by atoms with Crippen LogP contribution < -0.4 is 19.7 Å². The van der Waals surface area contributed by atoms with E-state index >= 15 is 0 Å². The van der Waals surface area contributed by atoms with Crippen LogP contribution in [0.1, 0.15) is 10.4 Å². The number of nitro benzene ring substituents is 1. The van der Waals surface area contributed by atoms with Gasteiger partial charge in [-0.25, -0.2) is 0 Å². The summed E-state index contributed by atoms with van der Waals surface area (Å²) in [5, 5.41) is 14.1. The Balaban J connectivity index is 1.91. The summed E-state index contributed by atoms with van der Waals surface area (Å²) < 4.78 is 15.6. The maximum absolute atomic E-state index is 12.8. The molecule has 9 heteroatoms. The number of benzene rings is 2.